The van der Waals surface area contributed by atoms with Gasteiger partial charge in [0.05, 0.1) is 13.0 Å². The van der Waals surface area contributed by atoms with Crippen molar-refractivity contribution >= 4 is 5.97 Å². The molecule has 1 aliphatic heterocycles. The van der Waals surface area contributed by atoms with Crippen LogP contribution in [0.3, 0.4) is 0 Å². The Morgan fingerprint density at radius 2 is 2.20 bits per heavy atom. The van der Waals surface area contributed by atoms with E-state index in [1.165, 1.54) is 26.4 Å². The van der Waals surface area contributed by atoms with Crippen LogP contribution < -0.4 is 5.32 Å². The Kier molecular flexibility index (Phi) is 6.26. The molecule has 0 radical (unpaired) electrons. The van der Waals surface area contributed by atoms with Crippen LogP contribution in [0.2, 0.25) is 0 Å². The summed E-state index contributed by atoms with van der Waals surface area (Å²) in [5.74, 6) is 0.724. The fraction of sp³-hybridized carbons (Fsp3) is 0.933. The molecular weight excluding hydrogens is 256 g/mol. The quantitative estimate of drug-likeness (QED) is 0.530. The summed E-state index contributed by atoms with van der Waals surface area (Å²) in [6, 6.07) is 0.333. The predicted molar refractivity (Wildman–Crippen MR) is 77.4 cm³/mol. The second kappa shape index (κ2) is 7.96. The van der Waals surface area contributed by atoms with Crippen LogP contribution in [-0.2, 0) is 9.53 Å². The number of hydrogen-bond donors (Lipinski definition) is 2. The van der Waals surface area contributed by atoms with Crippen molar-refractivity contribution in [3.05, 3.63) is 0 Å². The van der Waals surface area contributed by atoms with Gasteiger partial charge in [0.2, 0.25) is 0 Å². The molecule has 1 heterocycles. The number of esters is 1. The van der Waals surface area contributed by atoms with Gasteiger partial charge in [0.15, 0.2) is 0 Å². The molecule has 2 N–H and O–H groups in total. The van der Waals surface area contributed by atoms with E-state index in [-0.39, 0.29) is 18.5 Å². The minimum absolute atomic E-state index is 0.0135. The third-order valence-corrected chi connectivity index (χ3v) is 4.57. The van der Waals surface area contributed by atoms with Crippen molar-refractivity contribution in [1.29, 1.82) is 0 Å². The maximum Gasteiger partial charge on any atom is 0.310 e. The third-order valence-electron chi connectivity index (χ3n) is 4.57. The Morgan fingerprint density at radius 1 is 1.40 bits per heavy atom. The van der Waals surface area contributed by atoms with E-state index in [1.54, 1.807) is 0 Å². The van der Waals surface area contributed by atoms with E-state index in [0.717, 1.165) is 44.9 Å². The lowest BCUT2D eigenvalue weighted by molar-refractivity contribution is -0.148. The van der Waals surface area contributed by atoms with Crippen molar-refractivity contribution in [2.45, 2.75) is 38.1 Å². The smallest absolute Gasteiger partial charge is 0.310 e. The van der Waals surface area contributed by atoms with Gasteiger partial charge in [-0.25, -0.2) is 0 Å². The van der Waals surface area contributed by atoms with Crippen molar-refractivity contribution in [1.82, 2.24) is 10.2 Å². The van der Waals surface area contributed by atoms with Crippen LogP contribution in [0.15, 0.2) is 0 Å². The fourth-order valence-electron chi connectivity index (χ4n) is 3.25. The van der Waals surface area contributed by atoms with Gasteiger partial charge in [0.25, 0.3) is 0 Å². The second-order valence-electron chi connectivity index (χ2n) is 6.20. The van der Waals surface area contributed by atoms with Gasteiger partial charge in [-0.3, -0.25) is 4.79 Å². The van der Waals surface area contributed by atoms with Gasteiger partial charge in [-0.15, -0.1) is 0 Å². The Balaban J connectivity index is 1.85. The molecule has 2 unspecified atom stereocenters. The summed E-state index contributed by atoms with van der Waals surface area (Å²) in [5.41, 5.74) is 0. The molecular formula is C15H28N2O3. The van der Waals surface area contributed by atoms with Crippen LogP contribution >= 0.6 is 0 Å². The predicted octanol–water partition coefficient (Wildman–Crippen LogP) is 0.622. The summed E-state index contributed by atoms with van der Waals surface area (Å²) < 4.78 is 4.92. The van der Waals surface area contributed by atoms with Crippen LogP contribution in [0.4, 0.5) is 0 Å². The number of carbonyl (C=O) groups excluding carboxylic acids is 1. The molecule has 0 aromatic heterocycles. The normalized spacial score (nSPS) is 28.1. The number of nitrogens with zero attached hydrogens (tertiary/aromatic N) is 1. The molecule has 1 aliphatic carbocycles. The molecule has 5 nitrogen and oxygen atoms in total. The molecule has 0 spiro atoms. The van der Waals surface area contributed by atoms with Gasteiger partial charge in [0, 0.05) is 32.3 Å². The summed E-state index contributed by atoms with van der Waals surface area (Å²) in [6.45, 7) is 3.99. The first kappa shape index (κ1) is 15.7. The van der Waals surface area contributed by atoms with E-state index in [4.69, 9.17) is 9.84 Å². The number of aliphatic hydroxyl groups excluding tert-OH is 1. The fourth-order valence-corrected chi connectivity index (χ4v) is 3.25. The zero-order valence-electron chi connectivity index (χ0n) is 12.5. The molecule has 0 aromatic carbocycles. The van der Waals surface area contributed by atoms with E-state index < -0.39 is 0 Å². The van der Waals surface area contributed by atoms with Crippen molar-refractivity contribution in [3.63, 3.8) is 0 Å². The zero-order chi connectivity index (χ0) is 14.4. The molecule has 2 fully saturated rings. The van der Waals surface area contributed by atoms with Gasteiger partial charge in [-0.1, -0.05) is 6.42 Å². The zero-order valence-corrected chi connectivity index (χ0v) is 12.5. The highest BCUT2D eigenvalue weighted by Crippen LogP contribution is 2.29. The number of hydrogen-bond acceptors (Lipinski definition) is 5. The van der Waals surface area contributed by atoms with Gasteiger partial charge >= 0.3 is 5.97 Å². The van der Waals surface area contributed by atoms with Crippen LogP contribution in [0.5, 0.6) is 0 Å². The summed E-state index contributed by atoms with van der Waals surface area (Å²) >= 11 is 0. The summed E-state index contributed by atoms with van der Waals surface area (Å²) in [5, 5.41) is 12.3. The molecule has 20 heavy (non-hydrogen) atoms. The standard InChI is InChI=1S/C15H28N2O3/c1-20-15(19)13-8-14(16-6-3-7-18)11-17(10-13)9-12-4-2-5-12/h12-14,16,18H,2-11H2,1H3. The highest BCUT2D eigenvalue weighted by atomic mass is 16.5. The van der Waals surface area contributed by atoms with Crippen molar-refractivity contribution in [2.24, 2.45) is 11.8 Å². The van der Waals surface area contributed by atoms with E-state index in [2.05, 4.69) is 10.2 Å². The molecule has 2 aliphatic rings. The summed E-state index contributed by atoms with van der Waals surface area (Å²) in [7, 11) is 1.47. The van der Waals surface area contributed by atoms with Crippen molar-refractivity contribution < 1.29 is 14.6 Å². The Labute approximate surface area is 121 Å². The highest BCUT2D eigenvalue weighted by molar-refractivity contribution is 5.72. The number of ether oxygens (including phenoxy) is 1. The number of piperidine rings is 1. The number of nitrogens with one attached hydrogen (secondary N) is 1. The molecule has 0 aromatic rings. The van der Waals surface area contributed by atoms with Gasteiger partial charge in [-0.05, 0) is 38.1 Å². The molecule has 1 saturated carbocycles. The first-order valence-corrected chi connectivity index (χ1v) is 7.87. The van der Waals surface area contributed by atoms with Crippen molar-refractivity contribution in [2.75, 3.05) is 39.9 Å². The monoisotopic (exact) mass is 284 g/mol. The van der Waals surface area contributed by atoms with E-state index in [0.29, 0.717) is 6.04 Å². The van der Waals surface area contributed by atoms with Crippen LogP contribution in [0, 0.1) is 11.8 Å². The average Bonchev–Trinajstić information content (AvgIpc) is 2.42. The molecule has 0 amide bonds. The van der Waals surface area contributed by atoms with Gasteiger partial charge in [-0.2, -0.15) is 0 Å². The van der Waals surface area contributed by atoms with E-state index in [1.807, 2.05) is 0 Å². The summed E-state index contributed by atoms with van der Waals surface area (Å²) in [6.07, 6.45) is 5.64. The maximum absolute atomic E-state index is 11.8. The molecule has 2 atom stereocenters. The average molecular weight is 284 g/mol. The lowest BCUT2D eigenvalue weighted by Crippen LogP contribution is -2.52. The first-order valence-electron chi connectivity index (χ1n) is 7.87. The topological polar surface area (TPSA) is 61.8 Å². The molecule has 2 rings (SSSR count). The Hall–Kier alpha value is -0.650. The molecule has 1 saturated heterocycles. The SMILES string of the molecule is COC(=O)C1CC(NCCCO)CN(CC2CCC2)C1. The van der Waals surface area contributed by atoms with E-state index >= 15 is 0 Å². The molecule has 116 valence electrons. The van der Waals surface area contributed by atoms with Crippen LogP contribution in [0.25, 0.3) is 0 Å². The van der Waals surface area contributed by atoms with Gasteiger partial charge < -0.3 is 20.1 Å². The minimum atomic E-state index is -0.0859. The molecule has 5 heteroatoms. The second-order valence-corrected chi connectivity index (χ2v) is 6.20. The number of rotatable bonds is 7. The minimum Gasteiger partial charge on any atom is -0.469 e. The molecule has 0 bridgehead atoms. The number of likely N-dealkylation sites (tertiary alicyclic amines) is 1. The van der Waals surface area contributed by atoms with Crippen LogP contribution in [0.1, 0.15) is 32.1 Å². The Bertz CT molecular complexity index is 307. The highest BCUT2D eigenvalue weighted by Gasteiger charge is 2.33. The lowest BCUT2D eigenvalue weighted by Gasteiger charge is -2.40. The summed E-state index contributed by atoms with van der Waals surface area (Å²) in [4.78, 5) is 14.3. The van der Waals surface area contributed by atoms with E-state index in [9.17, 15) is 4.79 Å². The lowest BCUT2D eigenvalue weighted by atomic mass is 9.84. The number of methoxy groups -OCH3 is 1. The largest absolute Gasteiger partial charge is 0.469 e. The maximum atomic E-state index is 11.8. The number of aliphatic hydroxyl groups is 1. The third kappa shape index (κ3) is 4.43. The van der Waals surface area contributed by atoms with Gasteiger partial charge in [0.1, 0.15) is 0 Å². The first-order chi connectivity index (χ1) is 9.72. The number of carbonyl (C=O) groups is 1. The Morgan fingerprint density at radius 3 is 2.80 bits per heavy atom. The van der Waals surface area contributed by atoms with Crippen molar-refractivity contribution in [3.8, 4) is 0 Å². The van der Waals surface area contributed by atoms with Crippen LogP contribution in [-0.4, -0.2) is 61.9 Å².